The van der Waals surface area contributed by atoms with Gasteiger partial charge in [-0.3, -0.25) is 10.1 Å². The van der Waals surface area contributed by atoms with Crippen molar-refractivity contribution in [3.05, 3.63) is 65.6 Å². The maximum atomic E-state index is 13.5. The van der Waals surface area contributed by atoms with Crippen LogP contribution in [0.3, 0.4) is 0 Å². The first kappa shape index (κ1) is 24.0. The van der Waals surface area contributed by atoms with Gasteiger partial charge < -0.3 is 14.9 Å². The van der Waals surface area contributed by atoms with Crippen LogP contribution in [0.4, 0.5) is 19.1 Å². The van der Waals surface area contributed by atoms with Gasteiger partial charge >= 0.3 is 6.18 Å². The van der Waals surface area contributed by atoms with E-state index in [1.807, 2.05) is 0 Å². The molecule has 0 radical (unpaired) electrons. The summed E-state index contributed by atoms with van der Waals surface area (Å²) in [5, 5.41) is 25.0. The number of ether oxygens (including phenoxy) is 1. The SMILES string of the molecule is Cc1cc(OCC(O)CO)nc(NC(=O)c2cnc3ccc(-c4ccccc4C(F)(F)F)nn23)n1. The highest BCUT2D eigenvalue weighted by atomic mass is 19.4. The highest BCUT2D eigenvalue weighted by Crippen LogP contribution is 2.36. The molecule has 0 aliphatic heterocycles. The molecule has 0 saturated heterocycles. The summed E-state index contributed by atoms with van der Waals surface area (Å²) >= 11 is 0. The molecule has 3 heterocycles. The van der Waals surface area contributed by atoms with Crippen LogP contribution >= 0.6 is 0 Å². The molecule has 1 amide bonds. The number of benzene rings is 1. The van der Waals surface area contributed by atoms with E-state index in [0.29, 0.717) is 5.69 Å². The summed E-state index contributed by atoms with van der Waals surface area (Å²) < 4.78 is 46.8. The Kier molecular flexibility index (Phi) is 6.62. The number of fused-ring (bicyclic) bond motifs is 1. The molecule has 0 spiro atoms. The van der Waals surface area contributed by atoms with Crippen LogP contribution in [0, 0.1) is 6.92 Å². The first-order valence-corrected chi connectivity index (χ1v) is 10.3. The molecule has 13 heteroatoms. The number of aryl methyl sites for hydroxylation is 1. The van der Waals surface area contributed by atoms with Crippen molar-refractivity contribution >= 4 is 17.5 Å². The zero-order chi connectivity index (χ0) is 25.2. The molecule has 0 aliphatic rings. The molecule has 1 atom stereocenters. The summed E-state index contributed by atoms with van der Waals surface area (Å²) in [7, 11) is 0. The molecule has 182 valence electrons. The Hall–Kier alpha value is -4.10. The third-order valence-corrected chi connectivity index (χ3v) is 4.79. The first-order chi connectivity index (χ1) is 16.7. The molecule has 3 aromatic heterocycles. The Morgan fingerprint density at radius 1 is 1.20 bits per heavy atom. The van der Waals surface area contributed by atoms with Crippen molar-refractivity contribution in [3.8, 4) is 17.1 Å². The van der Waals surface area contributed by atoms with E-state index < -0.39 is 30.4 Å². The second-order valence-corrected chi connectivity index (χ2v) is 7.45. The van der Waals surface area contributed by atoms with Gasteiger partial charge in [0.2, 0.25) is 11.8 Å². The minimum absolute atomic E-state index is 0.00223. The molecule has 0 fully saturated rings. The monoisotopic (exact) mass is 488 g/mol. The van der Waals surface area contributed by atoms with E-state index in [2.05, 4.69) is 25.4 Å². The molecule has 1 aromatic carbocycles. The van der Waals surface area contributed by atoms with Gasteiger partial charge in [-0.2, -0.15) is 23.3 Å². The maximum Gasteiger partial charge on any atom is 0.417 e. The lowest BCUT2D eigenvalue weighted by Gasteiger charge is -2.12. The summed E-state index contributed by atoms with van der Waals surface area (Å²) in [6, 6.07) is 9.31. The van der Waals surface area contributed by atoms with Crippen LogP contribution in [0.25, 0.3) is 16.9 Å². The van der Waals surface area contributed by atoms with Crippen molar-refractivity contribution in [2.24, 2.45) is 0 Å². The van der Waals surface area contributed by atoms with Gasteiger partial charge in [0.25, 0.3) is 5.91 Å². The van der Waals surface area contributed by atoms with Gasteiger partial charge in [-0.1, -0.05) is 18.2 Å². The van der Waals surface area contributed by atoms with E-state index in [9.17, 15) is 23.1 Å². The van der Waals surface area contributed by atoms with Crippen molar-refractivity contribution in [2.75, 3.05) is 18.5 Å². The number of alkyl halides is 3. The predicted molar refractivity (Wildman–Crippen MR) is 117 cm³/mol. The average Bonchev–Trinajstić information content (AvgIpc) is 3.25. The van der Waals surface area contributed by atoms with Crippen LogP contribution in [0.2, 0.25) is 0 Å². The van der Waals surface area contributed by atoms with E-state index >= 15 is 0 Å². The highest BCUT2D eigenvalue weighted by Gasteiger charge is 2.33. The first-order valence-electron chi connectivity index (χ1n) is 10.3. The fourth-order valence-electron chi connectivity index (χ4n) is 3.19. The fraction of sp³-hybridized carbons (Fsp3) is 0.227. The Bertz CT molecular complexity index is 1380. The van der Waals surface area contributed by atoms with Crippen molar-refractivity contribution in [3.63, 3.8) is 0 Å². The van der Waals surface area contributed by atoms with Gasteiger partial charge in [0.1, 0.15) is 12.7 Å². The van der Waals surface area contributed by atoms with Gasteiger partial charge in [-0.25, -0.2) is 14.5 Å². The number of aliphatic hydroxyl groups excluding tert-OH is 2. The van der Waals surface area contributed by atoms with Gasteiger partial charge in [0, 0.05) is 17.3 Å². The Labute approximate surface area is 196 Å². The van der Waals surface area contributed by atoms with Crippen LogP contribution in [0.1, 0.15) is 21.7 Å². The Balaban J connectivity index is 1.63. The normalized spacial score (nSPS) is 12.5. The van der Waals surface area contributed by atoms with Crippen LogP contribution in [-0.2, 0) is 6.18 Å². The van der Waals surface area contributed by atoms with Crippen molar-refractivity contribution < 1.29 is 32.9 Å². The number of carbonyl (C=O) groups excluding carboxylic acids is 1. The molecule has 0 bridgehead atoms. The number of imidazole rings is 1. The van der Waals surface area contributed by atoms with Crippen LogP contribution < -0.4 is 10.1 Å². The lowest BCUT2D eigenvalue weighted by atomic mass is 10.0. The summed E-state index contributed by atoms with van der Waals surface area (Å²) in [5.74, 6) is -0.766. The number of aromatic nitrogens is 5. The van der Waals surface area contributed by atoms with E-state index in [-0.39, 0.29) is 41.0 Å². The van der Waals surface area contributed by atoms with Crippen LogP contribution in [0.5, 0.6) is 5.88 Å². The van der Waals surface area contributed by atoms with Crippen molar-refractivity contribution in [2.45, 2.75) is 19.2 Å². The molecule has 4 aromatic rings. The van der Waals surface area contributed by atoms with Crippen LogP contribution in [0.15, 0.2) is 48.7 Å². The molecule has 10 nitrogen and oxygen atoms in total. The Morgan fingerprint density at radius 2 is 1.97 bits per heavy atom. The quantitative estimate of drug-likeness (QED) is 0.361. The third kappa shape index (κ3) is 5.36. The molecular weight excluding hydrogens is 469 g/mol. The topological polar surface area (TPSA) is 135 Å². The number of nitrogens with one attached hydrogen (secondary N) is 1. The van der Waals surface area contributed by atoms with E-state index in [1.165, 1.54) is 42.6 Å². The number of hydrogen-bond donors (Lipinski definition) is 3. The van der Waals surface area contributed by atoms with Crippen molar-refractivity contribution in [1.29, 1.82) is 0 Å². The number of nitrogens with zero attached hydrogens (tertiary/aromatic N) is 5. The third-order valence-electron chi connectivity index (χ3n) is 4.79. The van der Waals surface area contributed by atoms with E-state index in [1.54, 1.807) is 6.92 Å². The van der Waals surface area contributed by atoms with Crippen molar-refractivity contribution in [1.82, 2.24) is 24.6 Å². The summed E-state index contributed by atoms with van der Waals surface area (Å²) in [6.45, 7) is 0.914. The lowest BCUT2D eigenvalue weighted by molar-refractivity contribution is -0.137. The molecule has 3 N–H and O–H groups in total. The molecule has 0 saturated carbocycles. The summed E-state index contributed by atoms with van der Waals surface area (Å²) in [6.07, 6.45) is -4.47. The zero-order valence-corrected chi connectivity index (χ0v) is 18.2. The van der Waals surface area contributed by atoms with E-state index in [0.717, 1.165) is 10.6 Å². The number of halogens is 3. The smallest absolute Gasteiger partial charge is 0.417 e. The molecule has 0 aliphatic carbocycles. The van der Waals surface area contributed by atoms with Crippen LogP contribution in [-0.4, -0.2) is 60.0 Å². The second-order valence-electron chi connectivity index (χ2n) is 7.45. The van der Waals surface area contributed by atoms with Gasteiger partial charge in [0.05, 0.1) is 24.1 Å². The second kappa shape index (κ2) is 9.64. The number of amides is 1. The lowest BCUT2D eigenvalue weighted by Crippen LogP contribution is -2.22. The minimum Gasteiger partial charge on any atom is -0.475 e. The molecular formula is C22H19F3N6O4. The predicted octanol–water partition coefficient (Wildman–Crippen LogP) is 2.50. The van der Waals surface area contributed by atoms with Gasteiger partial charge in [-0.15, -0.1) is 0 Å². The molecule has 1 unspecified atom stereocenters. The minimum atomic E-state index is -4.59. The number of rotatable bonds is 7. The standard InChI is InChI=1S/C22H19F3N6O4/c1-12-8-19(35-11-13(33)10-32)28-21(27-12)29-20(34)17-9-26-18-7-6-16(30-31(17)18)14-4-2-3-5-15(14)22(23,24)25/h2-9,13,32-33H,10-11H2,1H3,(H,27,28,29,34). The van der Waals surface area contributed by atoms with Gasteiger partial charge in [-0.05, 0) is 25.1 Å². The number of carbonyl (C=O) groups is 1. The Morgan fingerprint density at radius 3 is 2.71 bits per heavy atom. The molecule has 35 heavy (non-hydrogen) atoms. The number of anilines is 1. The van der Waals surface area contributed by atoms with E-state index in [4.69, 9.17) is 9.84 Å². The van der Waals surface area contributed by atoms with Gasteiger partial charge in [0.15, 0.2) is 11.3 Å². The highest BCUT2D eigenvalue weighted by molar-refractivity contribution is 6.02. The maximum absolute atomic E-state index is 13.5. The zero-order valence-electron chi connectivity index (χ0n) is 18.2. The summed E-state index contributed by atoms with van der Waals surface area (Å²) in [5.41, 5.74) is -0.362. The number of hydrogen-bond acceptors (Lipinski definition) is 8. The largest absolute Gasteiger partial charge is 0.475 e. The average molecular weight is 488 g/mol. The fourth-order valence-corrected chi connectivity index (χ4v) is 3.19. The number of aliphatic hydroxyl groups is 2. The summed E-state index contributed by atoms with van der Waals surface area (Å²) in [4.78, 5) is 25.1. The molecule has 4 rings (SSSR count).